The van der Waals surface area contributed by atoms with Gasteiger partial charge in [0.1, 0.15) is 17.7 Å². The standard InChI is InChI=1S/C28H30F2N4O4/c1-14-8-22-26(27-20(30)11-16(29)12-23(27)34(22)24(35)9-14)15-2-7-19(28(32)37)21(10-15)33-17-3-5-18(6-4-17)38-25(36)13-31/h2,7,10-12,14,17-18,33H,3-6,8-9,13,31H2,1H3,(H2,32,37). The van der Waals surface area contributed by atoms with Gasteiger partial charge in [0.15, 0.2) is 0 Å². The maximum Gasteiger partial charge on any atom is 0.319 e. The van der Waals surface area contributed by atoms with Gasteiger partial charge in [0.2, 0.25) is 5.91 Å². The van der Waals surface area contributed by atoms with Gasteiger partial charge < -0.3 is 21.5 Å². The van der Waals surface area contributed by atoms with Crippen LogP contribution in [0.25, 0.3) is 22.0 Å². The number of benzene rings is 2. The van der Waals surface area contributed by atoms with E-state index in [1.54, 1.807) is 18.2 Å². The van der Waals surface area contributed by atoms with Crippen LogP contribution in [-0.2, 0) is 16.0 Å². The molecule has 2 heterocycles. The summed E-state index contributed by atoms with van der Waals surface area (Å²) in [6.45, 7) is 1.78. The number of nitrogens with two attached hydrogens (primary N) is 2. The topological polar surface area (TPSA) is 129 Å². The van der Waals surface area contributed by atoms with Gasteiger partial charge in [-0.1, -0.05) is 13.0 Å². The summed E-state index contributed by atoms with van der Waals surface area (Å²) in [6.07, 6.45) is 3.26. The highest BCUT2D eigenvalue weighted by Gasteiger charge is 2.31. The average molecular weight is 525 g/mol. The van der Waals surface area contributed by atoms with Crippen LogP contribution >= 0.6 is 0 Å². The second-order valence-corrected chi connectivity index (χ2v) is 10.3. The van der Waals surface area contributed by atoms with Crippen LogP contribution < -0.4 is 16.8 Å². The maximum atomic E-state index is 15.2. The number of rotatable bonds is 6. The molecule has 200 valence electrons. The summed E-state index contributed by atoms with van der Waals surface area (Å²) in [5.74, 6) is -2.74. The molecule has 8 nitrogen and oxygen atoms in total. The summed E-state index contributed by atoms with van der Waals surface area (Å²) in [4.78, 5) is 36.7. The number of anilines is 1. The average Bonchev–Trinajstić information content (AvgIpc) is 3.19. The minimum atomic E-state index is -0.757. The van der Waals surface area contributed by atoms with Crippen molar-refractivity contribution in [1.82, 2.24) is 4.57 Å². The van der Waals surface area contributed by atoms with E-state index in [4.69, 9.17) is 16.2 Å². The minimum Gasteiger partial charge on any atom is -0.461 e. The number of hydrogen-bond donors (Lipinski definition) is 3. The Morgan fingerprint density at radius 2 is 1.84 bits per heavy atom. The van der Waals surface area contributed by atoms with Crippen LogP contribution in [0.3, 0.4) is 0 Å². The van der Waals surface area contributed by atoms with Crippen LogP contribution in [0.15, 0.2) is 30.3 Å². The van der Waals surface area contributed by atoms with Crippen molar-refractivity contribution in [2.24, 2.45) is 17.4 Å². The van der Waals surface area contributed by atoms with Gasteiger partial charge in [0.25, 0.3) is 5.91 Å². The van der Waals surface area contributed by atoms with E-state index in [0.29, 0.717) is 54.6 Å². The Morgan fingerprint density at radius 1 is 1.11 bits per heavy atom. The molecule has 2 aliphatic rings. The van der Waals surface area contributed by atoms with E-state index in [1.807, 2.05) is 6.92 Å². The first kappa shape index (κ1) is 25.8. The number of carbonyl (C=O) groups excluding carboxylic acids is 3. The number of halogens is 2. The predicted molar refractivity (Wildman–Crippen MR) is 139 cm³/mol. The summed E-state index contributed by atoms with van der Waals surface area (Å²) in [5, 5.41) is 3.57. The quantitative estimate of drug-likeness (QED) is 0.416. The Morgan fingerprint density at radius 3 is 2.53 bits per heavy atom. The molecule has 1 saturated carbocycles. The first-order valence-electron chi connectivity index (χ1n) is 12.8. The van der Waals surface area contributed by atoms with E-state index in [9.17, 15) is 18.8 Å². The lowest BCUT2D eigenvalue weighted by Crippen LogP contribution is -2.33. The molecule has 1 fully saturated rings. The van der Waals surface area contributed by atoms with Crippen LogP contribution in [0.4, 0.5) is 14.5 Å². The molecule has 5 N–H and O–H groups in total. The summed E-state index contributed by atoms with van der Waals surface area (Å²) in [5.41, 5.74) is 13.7. The van der Waals surface area contributed by atoms with Crippen molar-refractivity contribution in [1.29, 1.82) is 0 Å². The number of hydrogen-bond acceptors (Lipinski definition) is 6. The number of aromatic nitrogens is 1. The van der Waals surface area contributed by atoms with Crippen molar-refractivity contribution in [3.05, 3.63) is 53.2 Å². The number of esters is 1. The molecule has 2 aromatic carbocycles. The zero-order valence-electron chi connectivity index (χ0n) is 21.1. The van der Waals surface area contributed by atoms with Crippen molar-refractivity contribution in [3.8, 4) is 11.1 Å². The third-order valence-corrected chi connectivity index (χ3v) is 7.47. The monoisotopic (exact) mass is 524 g/mol. The lowest BCUT2D eigenvalue weighted by Gasteiger charge is -2.30. The van der Waals surface area contributed by atoms with Crippen molar-refractivity contribution in [3.63, 3.8) is 0 Å². The van der Waals surface area contributed by atoms with Crippen LogP contribution in [0, 0.1) is 17.6 Å². The zero-order valence-corrected chi connectivity index (χ0v) is 21.1. The molecule has 1 aliphatic heterocycles. The van der Waals surface area contributed by atoms with Crippen molar-refractivity contribution >= 4 is 34.4 Å². The third kappa shape index (κ3) is 4.76. The summed E-state index contributed by atoms with van der Waals surface area (Å²) in [7, 11) is 0. The van der Waals surface area contributed by atoms with Gasteiger partial charge in [-0.15, -0.1) is 0 Å². The van der Waals surface area contributed by atoms with Crippen molar-refractivity contribution in [2.75, 3.05) is 11.9 Å². The van der Waals surface area contributed by atoms with Gasteiger partial charge in [0.05, 0.1) is 17.6 Å². The first-order valence-corrected chi connectivity index (χ1v) is 12.8. The molecular formula is C28H30F2N4O4. The summed E-state index contributed by atoms with van der Waals surface area (Å²) < 4.78 is 36.2. The molecule has 3 aromatic rings. The first-order chi connectivity index (χ1) is 18.2. The smallest absolute Gasteiger partial charge is 0.319 e. The molecule has 1 amide bonds. The number of primary amides is 1. The number of nitrogens with one attached hydrogen (secondary N) is 1. The predicted octanol–water partition coefficient (Wildman–Crippen LogP) is 4.13. The molecule has 1 aromatic heterocycles. The Balaban J connectivity index is 1.54. The van der Waals surface area contributed by atoms with E-state index in [1.165, 1.54) is 10.6 Å². The van der Waals surface area contributed by atoms with Gasteiger partial charge in [-0.25, -0.2) is 8.78 Å². The largest absolute Gasteiger partial charge is 0.461 e. The van der Waals surface area contributed by atoms with E-state index in [2.05, 4.69) is 5.32 Å². The lowest BCUT2D eigenvalue weighted by atomic mass is 9.91. The van der Waals surface area contributed by atoms with Gasteiger partial charge in [-0.3, -0.25) is 19.0 Å². The number of amides is 1. The van der Waals surface area contributed by atoms with E-state index < -0.39 is 23.5 Å². The number of nitrogens with zero attached hydrogens (tertiary/aromatic N) is 1. The highest BCUT2D eigenvalue weighted by Crippen LogP contribution is 2.42. The van der Waals surface area contributed by atoms with Crippen molar-refractivity contribution < 1.29 is 27.9 Å². The third-order valence-electron chi connectivity index (χ3n) is 7.47. The second-order valence-electron chi connectivity index (χ2n) is 10.3. The number of carbonyl (C=O) groups is 3. The van der Waals surface area contributed by atoms with E-state index in [0.717, 1.165) is 6.07 Å². The fourth-order valence-corrected chi connectivity index (χ4v) is 5.78. The lowest BCUT2D eigenvalue weighted by molar-refractivity contribution is -0.148. The SMILES string of the molecule is CC1CC(=O)n2c(c(-c3ccc(C(N)=O)c(NC4CCC(OC(=O)CN)CC4)c3)c3c(F)cc(F)cc32)C1. The van der Waals surface area contributed by atoms with Gasteiger partial charge in [-0.05, 0) is 61.8 Å². The molecular weight excluding hydrogens is 494 g/mol. The second kappa shape index (κ2) is 10.2. The van der Waals surface area contributed by atoms with Crippen LogP contribution in [0.2, 0.25) is 0 Å². The maximum absolute atomic E-state index is 15.2. The van der Waals surface area contributed by atoms with Crippen LogP contribution in [-0.4, -0.2) is 41.0 Å². The molecule has 5 rings (SSSR count). The highest BCUT2D eigenvalue weighted by molar-refractivity contribution is 6.06. The molecule has 38 heavy (non-hydrogen) atoms. The Bertz CT molecular complexity index is 1440. The Hall–Kier alpha value is -3.79. The minimum absolute atomic E-state index is 0.0108. The molecule has 1 atom stereocenters. The molecule has 0 spiro atoms. The van der Waals surface area contributed by atoms with Crippen molar-refractivity contribution in [2.45, 2.75) is 57.6 Å². The number of ether oxygens (including phenoxy) is 1. The normalized spacial score (nSPS) is 21.3. The molecule has 1 aliphatic carbocycles. The van der Waals surface area contributed by atoms with Gasteiger partial charge in [-0.2, -0.15) is 0 Å². The molecule has 0 saturated heterocycles. The summed E-state index contributed by atoms with van der Waals surface area (Å²) in [6, 6.07) is 6.99. The molecule has 1 unspecified atom stereocenters. The van der Waals surface area contributed by atoms with Crippen LogP contribution in [0.1, 0.15) is 59.9 Å². The van der Waals surface area contributed by atoms with E-state index >= 15 is 4.39 Å². The fraction of sp³-hybridized carbons (Fsp3) is 0.393. The van der Waals surface area contributed by atoms with Gasteiger partial charge in [0, 0.05) is 40.9 Å². The molecule has 0 bridgehead atoms. The Labute approximate surface area is 218 Å². The fourth-order valence-electron chi connectivity index (χ4n) is 5.78. The molecule has 0 radical (unpaired) electrons. The number of fused-ring (bicyclic) bond motifs is 3. The van der Waals surface area contributed by atoms with E-state index in [-0.39, 0.29) is 53.4 Å². The zero-order chi connectivity index (χ0) is 27.1. The summed E-state index contributed by atoms with van der Waals surface area (Å²) >= 11 is 0. The van der Waals surface area contributed by atoms with Gasteiger partial charge >= 0.3 is 5.97 Å². The molecule has 10 heteroatoms. The highest BCUT2D eigenvalue weighted by atomic mass is 19.1. The van der Waals surface area contributed by atoms with Crippen LogP contribution in [0.5, 0.6) is 0 Å². The Kier molecular flexibility index (Phi) is 6.92.